The summed E-state index contributed by atoms with van der Waals surface area (Å²) in [6.07, 6.45) is 12.9. The van der Waals surface area contributed by atoms with Gasteiger partial charge in [-0.1, -0.05) is 90.8 Å². The van der Waals surface area contributed by atoms with Gasteiger partial charge in [0.1, 0.15) is 0 Å². The van der Waals surface area contributed by atoms with Gasteiger partial charge in [-0.25, -0.2) is 0 Å². The van der Waals surface area contributed by atoms with Crippen LogP contribution in [0, 0.1) is 11.8 Å². The Kier molecular flexibility index (Phi) is 8.71. The molecule has 2 unspecified atom stereocenters. The molecule has 184 valence electrons. The second-order valence-corrected chi connectivity index (χ2v) is 12.3. The predicted octanol–water partition coefficient (Wildman–Crippen LogP) is 8.92. The van der Waals surface area contributed by atoms with E-state index in [1.54, 1.807) is 11.1 Å². The molecule has 2 atom stereocenters. The third-order valence-electron chi connectivity index (χ3n) is 8.78. The molecule has 1 fully saturated rings. The first-order valence-electron chi connectivity index (χ1n) is 13.8. The minimum atomic E-state index is 0.262. The molecule has 1 saturated heterocycles. The zero-order valence-corrected chi connectivity index (χ0v) is 22.9. The summed E-state index contributed by atoms with van der Waals surface area (Å²) in [6, 6.07) is 7.31. The Morgan fingerprint density at radius 1 is 1.09 bits per heavy atom. The first-order chi connectivity index (χ1) is 15.6. The molecule has 0 spiro atoms. The lowest BCUT2D eigenvalue weighted by molar-refractivity contribution is 0.184. The Morgan fingerprint density at radius 2 is 1.79 bits per heavy atom. The largest absolute Gasteiger partial charge is 0.303 e. The number of rotatable bonds is 9. The van der Waals surface area contributed by atoms with E-state index in [9.17, 15) is 0 Å². The fraction of sp³-hybridized carbons (Fsp3) is 0.688. The number of unbranched alkanes of at least 4 members (excludes halogenated alkanes) is 2. The number of piperidine rings is 1. The van der Waals surface area contributed by atoms with Gasteiger partial charge in [0.15, 0.2) is 0 Å². The summed E-state index contributed by atoms with van der Waals surface area (Å²) >= 11 is 0. The van der Waals surface area contributed by atoms with Gasteiger partial charge in [-0.05, 0) is 103 Å². The van der Waals surface area contributed by atoms with Crippen molar-refractivity contribution in [3.05, 3.63) is 53.1 Å². The Balaban J connectivity index is 1.77. The van der Waals surface area contributed by atoms with Crippen LogP contribution in [0.1, 0.15) is 117 Å². The van der Waals surface area contributed by atoms with Crippen molar-refractivity contribution in [2.24, 2.45) is 11.8 Å². The maximum atomic E-state index is 4.67. The van der Waals surface area contributed by atoms with Crippen LogP contribution in [0.5, 0.6) is 0 Å². The van der Waals surface area contributed by atoms with E-state index >= 15 is 0 Å². The van der Waals surface area contributed by atoms with Crippen molar-refractivity contribution in [2.75, 3.05) is 19.6 Å². The first-order valence-corrected chi connectivity index (χ1v) is 13.8. The summed E-state index contributed by atoms with van der Waals surface area (Å²) in [4.78, 5) is 2.70. The Labute approximate surface area is 205 Å². The molecule has 1 heterocycles. The van der Waals surface area contributed by atoms with Crippen LogP contribution >= 0.6 is 0 Å². The van der Waals surface area contributed by atoms with Crippen molar-refractivity contribution in [3.63, 3.8) is 0 Å². The van der Waals surface area contributed by atoms with Crippen LogP contribution in [0.15, 0.2) is 36.4 Å². The van der Waals surface area contributed by atoms with Crippen LogP contribution in [0.3, 0.4) is 0 Å². The molecule has 1 nitrogen and oxygen atoms in total. The number of benzene rings is 1. The number of allylic oxidation sites excluding steroid dienone is 2. The number of nitrogens with zero attached hydrogens (tertiary/aromatic N) is 1. The summed E-state index contributed by atoms with van der Waals surface area (Å²) in [5.41, 5.74) is 7.94. The molecule has 1 aliphatic heterocycles. The molecule has 0 aromatic heterocycles. The molecule has 0 saturated carbocycles. The first kappa shape index (κ1) is 26.3. The van der Waals surface area contributed by atoms with E-state index in [-0.39, 0.29) is 10.8 Å². The zero-order valence-electron chi connectivity index (χ0n) is 22.9. The summed E-state index contributed by atoms with van der Waals surface area (Å²) in [6.45, 7) is 25.1. The van der Waals surface area contributed by atoms with Gasteiger partial charge < -0.3 is 4.90 Å². The number of fused-ring (bicyclic) bond motifs is 1. The molecular formula is C32H51N. The van der Waals surface area contributed by atoms with E-state index in [0.717, 1.165) is 6.42 Å². The average Bonchev–Trinajstić information content (AvgIpc) is 2.80. The minimum absolute atomic E-state index is 0.262. The van der Waals surface area contributed by atoms with Crippen molar-refractivity contribution in [3.8, 4) is 0 Å². The third-order valence-corrected chi connectivity index (χ3v) is 8.78. The Hall–Kier alpha value is -1.34. The van der Waals surface area contributed by atoms with Gasteiger partial charge >= 0.3 is 0 Å². The molecule has 1 aliphatic carbocycles. The molecule has 0 radical (unpaired) electrons. The lowest BCUT2D eigenvalue weighted by Gasteiger charge is -2.42. The highest BCUT2D eigenvalue weighted by Crippen LogP contribution is 2.46. The van der Waals surface area contributed by atoms with E-state index in [0.29, 0.717) is 11.8 Å². The van der Waals surface area contributed by atoms with Gasteiger partial charge in [-0.15, -0.1) is 0 Å². The highest BCUT2D eigenvalue weighted by atomic mass is 15.1. The SMILES string of the molecule is C=C(C(/C=C(\C)c1ccc2c(c1)C(C)(C)CCC2(C)C)CC)C1CCCN(CCCCC)C1. The van der Waals surface area contributed by atoms with Crippen LogP contribution in [0.4, 0.5) is 0 Å². The topological polar surface area (TPSA) is 3.24 Å². The highest BCUT2D eigenvalue weighted by molar-refractivity contribution is 5.66. The number of hydrogen-bond acceptors (Lipinski definition) is 1. The average molecular weight is 450 g/mol. The normalized spacial score (nSPS) is 23.7. The molecule has 1 aromatic carbocycles. The third kappa shape index (κ3) is 6.21. The smallest absolute Gasteiger partial charge is 0.00471 e. The fourth-order valence-corrected chi connectivity index (χ4v) is 6.17. The Bertz CT molecular complexity index is 840. The lowest BCUT2D eigenvalue weighted by Crippen LogP contribution is -2.37. The quantitative estimate of drug-likeness (QED) is 0.269. The maximum absolute atomic E-state index is 4.67. The highest BCUT2D eigenvalue weighted by Gasteiger charge is 2.37. The Morgan fingerprint density at radius 3 is 2.45 bits per heavy atom. The van der Waals surface area contributed by atoms with Crippen molar-refractivity contribution >= 4 is 5.57 Å². The number of hydrogen-bond donors (Lipinski definition) is 0. The molecule has 33 heavy (non-hydrogen) atoms. The standard InChI is InChI=1S/C32H51N/c1-9-11-12-19-33-20-13-14-28(23-33)25(4)26(10-2)21-24(3)27-15-16-29-30(22-27)32(7,8)18-17-31(29,5)6/h15-16,21-22,26,28H,4,9-14,17-20,23H2,1-3,5-8H3/b24-21+. The maximum Gasteiger partial charge on any atom is 0.00471 e. The summed E-state index contributed by atoms with van der Waals surface area (Å²) in [5.74, 6) is 1.13. The summed E-state index contributed by atoms with van der Waals surface area (Å²) in [7, 11) is 0. The van der Waals surface area contributed by atoms with Crippen LogP contribution < -0.4 is 0 Å². The van der Waals surface area contributed by atoms with Gasteiger partial charge in [0.25, 0.3) is 0 Å². The van der Waals surface area contributed by atoms with Gasteiger partial charge in [0.05, 0.1) is 0 Å². The van der Waals surface area contributed by atoms with Crippen molar-refractivity contribution in [2.45, 2.75) is 111 Å². The molecule has 0 bridgehead atoms. The van der Waals surface area contributed by atoms with Gasteiger partial charge in [-0.3, -0.25) is 0 Å². The molecular weight excluding hydrogens is 398 g/mol. The fourth-order valence-electron chi connectivity index (χ4n) is 6.17. The van der Waals surface area contributed by atoms with E-state index in [2.05, 4.69) is 84.2 Å². The van der Waals surface area contributed by atoms with Crippen LogP contribution in [0.25, 0.3) is 5.57 Å². The monoisotopic (exact) mass is 449 g/mol. The number of likely N-dealkylation sites (tertiary alicyclic amines) is 1. The van der Waals surface area contributed by atoms with E-state index in [4.69, 9.17) is 0 Å². The van der Waals surface area contributed by atoms with Gasteiger partial charge in [-0.2, -0.15) is 0 Å². The van der Waals surface area contributed by atoms with E-state index in [1.807, 2.05) is 0 Å². The van der Waals surface area contributed by atoms with Crippen molar-refractivity contribution in [1.82, 2.24) is 4.90 Å². The molecule has 1 aromatic rings. The van der Waals surface area contributed by atoms with Crippen molar-refractivity contribution in [1.29, 1.82) is 0 Å². The zero-order chi connectivity index (χ0) is 24.2. The second kappa shape index (κ2) is 10.9. The minimum Gasteiger partial charge on any atom is -0.303 e. The second-order valence-electron chi connectivity index (χ2n) is 12.3. The van der Waals surface area contributed by atoms with Crippen LogP contribution in [-0.2, 0) is 10.8 Å². The predicted molar refractivity (Wildman–Crippen MR) is 147 cm³/mol. The molecule has 1 heteroatoms. The summed E-state index contributed by atoms with van der Waals surface area (Å²) in [5, 5.41) is 0. The molecule has 0 N–H and O–H groups in total. The van der Waals surface area contributed by atoms with Gasteiger partial charge in [0.2, 0.25) is 0 Å². The van der Waals surface area contributed by atoms with Crippen LogP contribution in [-0.4, -0.2) is 24.5 Å². The molecule has 3 rings (SSSR count). The molecule has 0 amide bonds. The van der Waals surface area contributed by atoms with Crippen molar-refractivity contribution < 1.29 is 0 Å². The molecule has 2 aliphatic rings. The summed E-state index contributed by atoms with van der Waals surface area (Å²) < 4.78 is 0. The van der Waals surface area contributed by atoms with Crippen LogP contribution in [0.2, 0.25) is 0 Å². The van der Waals surface area contributed by atoms with Gasteiger partial charge in [0, 0.05) is 6.54 Å². The van der Waals surface area contributed by atoms with E-state index < -0.39 is 0 Å². The lowest BCUT2D eigenvalue weighted by atomic mass is 9.63. The van der Waals surface area contributed by atoms with E-state index in [1.165, 1.54) is 81.3 Å².